The van der Waals surface area contributed by atoms with Gasteiger partial charge in [0.1, 0.15) is 0 Å². The maximum absolute atomic E-state index is 6.01. The van der Waals surface area contributed by atoms with Crippen LogP contribution in [0, 0.1) is 0 Å². The topological polar surface area (TPSA) is 0 Å². The summed E-state index contributed by atoms with van der Waals surface area (Å²) in [5.74, 6) is 0. The first kappa shape index (κ1) is 13.3. The zero-order valence-electron chi connectivity index (χ0n) is 10.9. The lowest BCUT2D eigenvalue weighted by molar-refractivity contribution is 1.32. The first-order chi connectivity index (χ1) is 9.84. The average molecular weight is 298 g/mol. The van der Waals surface area contributed by atoms with Gasteiger partial charge in [0.2, 0.25) is 0 Å². The number of hydrogen-bond acceptors (Lipinski definition) is 0. The Bertz CT molecular complexity index is 623. The highest BCUT2D eigenvalue weighted by molar-refractivity contribution is 7.97. The van der Waals surface area contributed by atoms with Crippen molar-refractivity contribution in [3.63, 3.8) is 0 Å². The van der Waals surface area contributed by atoms with Gasteiger partial charge >= 0.3 is 0 Å². The van der Waals surface area contributed by atoms with E-state index in [0.29, 0.717) is 0 Å². The summed E-state index contributed by atoms with van der Waals surface area (Å²) in [4.78, 5) is 3.92. The number of halogens is 1. The highest BCUT2D eigenvalue weighted by Gasteiger charge is 2.27. The van der Waals surface area contributed by atoms with Crippen molar-refractivity contribution >= 4 is 22.5 Å². The van der Waals surface area contributed by atoms with Gasteiger partial charge in [-0.25, -0.2) is 0 Å². The number of hydrogen-bond donors (Lipinski definition) is 0. The van der Waals surface area contributed by atoms with E-state index in [1.54, 1.807) is 0 Å². The minimum absolute atomic E-state index is 0.0815. The second-order valence-electron chi connectivity index (χ2n) is 4.39. The summed E-state index contributed by atoms with van der Waals surface area (Å²) in [7, 11) is -0.0815. The van der Waals surface area contributed by atoms with Crippen LogP contribution in [0.2, 0.25) is 5.02 Å². The Morgan fingerprint density at radius 2 is 0.900 bits per heavy atom. The fourth-order valence-electron chi connectivity index (χ4n) is 2.09. The van der Waals surface area contributed by atoms with E-state index in [0.717, 1.165) is 5.02 Å². The molecule has 0 saturated carbocycles. The molecule has 0 unspecified atom stereocenters. The molecule has 3 aromatic rings. The molecule has 0 bridgehead atoms. The van der Waals surface area contributed by atoms with Crippen molar-refractivity contribution in [3.05, 3.63) is 90.0 Å². The van der Waals surface area contributed by atoms with Crippen molar-refractivity contribution in [1.82, 2.24) is 0 Å². The minimum Gasteiger partial charge on any atom is -0.0843 e. The molecule has 0 saturated heterocycles. The summed E-state index contributed by atoms with van der Waals surface area (Å²) in [6.45, 7) is 0. The normalized spacial score (nSPS) is 10.7. The molecule has 0 nitrogen and oxygen atoms in total. The Labute approximate surface area is 127 Å². The molecule has 0 aliphatic carbocycles. The van der Waals surface area contributed by atoms with Crippen LogP contribution in [0.25, 0.3) is 0 Å². The summed E-state index contributed by atoms with van der Waals surface area (Å²) in [6.07, 6.45) is 0. The molecule has 0 heterocycles. The van der Waals surface area contributed by atoms with Gasteiger partial charge in [0, 0.05) is 5.02 Å². The van der Waals surface area contributed by atoms with Crippen LogP contribution >= 0.6 is 11.6 Å². The van der Waals surface area contributed by atoms with E-state index in [4.69, 9.17) is 11.6 Å². The molecule has 0 amide bonds. The van der Waals surface area contributed by atoms with Crippen molar-refractivity contribution in [2.75, 3.05) is 0 Å². The molecule has 98 valence electrons. The zero-order valence-corrected chi connectivity index (χ0v) is 12.4. The molecule has 0 radical (unpaired) electrons. The Balaban J connectivity index is 2.11. The van der Waals surface area contributed by atoms with E-state index in [-0.39, 0.29) is 10.9 Å². The lowest BCUT2D eigenvalue weighted by Gasteiger charge is -2.07. The second kappa shape index (κ2) is 6.17. The van der Waals surface area contributed by atoms with E-state index in [9.17, 15) is 0 Å². The van der Waals surface area contributed by atoms with Crippen LogP contribution in [0.1, 0.15) is 0 Å². The van der Waals surface area contributed by atoms with Crippen molar-refractivity contribution in [1.29, 1.82) is 0 Å². The van der Waals surface area contributed by atoms with Crippen LogP contribution in [-0.4, -0.2) is 0 Å². The summed E-state index contributed by atoms with van der Waals surface area (Å²) in [5.41, 5.74) is 0. The van der Waals surface area contributed by atoms with Gasteiger partial charge in [0.05, 0.1) is 10.9 Å². The van der Waals surface area contributed by atoms with Crippen LogP contribution in [-0.2, 0) is 10.9 Å². The minimum atomic E-state index is -0.0815. The van der Waals surface area contributed by atoms with E-state index >= 15 is 0 Å². The fraction of sp³-hybridized carbons (Fsp3) is 0. The van der Waals surface area contributed by atoms with Crippen molar-refractivity contribution < 1.29 is 0 Å². The monoisotopic (exact) mass is 297 g/mol. The molecule has 20 heavy (non-hydrogen) atoms. The van der Waals surface area contributed by atoms with E-state index in [2.05, 4.69) is 72.8 Å². The zero-order chi connectivity index (χ0) is 13.8. The molecule has 3 aromatic carbocycles. The Morgan fingerprint density at radius 3 is 1.35 bits per heavy atom. The van der Waals surface area contributed by atoms with Gasteiger partial charge in [-0.15, -0.1) is 0 Å². The standard InChI is InChI=1S/C18H14ClS/c19-15-11-13-18(14-12-15)20(16-7-3-1-4-8-16)17-9-5-2-6-10-17/h1-14H/q+1. The smallest absolute Gasteiger partial charge is 0.0843 e. The van der Waals surface area contributed by atoms with Crippen LogP contribution in [0.4, 0.5) is 0 Å². The summed E-state index contributed by atoms with van der Waals surface area (Å²) < 4.78 is 0. The molecule has 0 aromatic heterocycles. The fourth-order valence-corrected chi connectivity index (χ4v) is 4.30. The largest absolute Gasteiger partial charge is 0.166 e. The third-order valence-corrected chi connectivity index (χ3v) is 5.49. The molecule has 0 spiro atoms. The Kier molecular flexibility index (Phi) is 4.10. The van der Waals surface area contributed by atoms with Crippen LogP contribution < -0.4 is 0 Å². The van der Waals surface area contributed by atoms with Gasteiger partial charge in [-0.2, -0.15) is 0 Å². The van der Waals surface area contributed by atoms with Crippen molar-refractivity contribution in [2.45, 2.75) is 14.7 Å². The van der Waals surface area contributed by atoms with E-state index in [1.807, 2.05) is 12.1 Å². The maximum atomic E-state index is 6.01. The van der Waals surface area contributed by atoms with Gasteiger partial charge in [-0.3, -0.25) is 0 Å². The second-order valence-corrected chi connectivity index (χ2v) is 6.85. The predicted molar refractivity (Wildman–Crippen MR) is 86.5 cm³/mol. The molecular weight excluding hydrogens is 284 g/mol. The first-order valence-electron chi connectivity index (χ1n) is 6.44. The van der Waals surface area contributed by atoms with Crippen LogP contribution in [0.3, 0.4) is 0 Å². The van der Waals surface area contributed by atoms with Gasteiger partial charge in [0.15, 0.2) is 14.7 Å². The van der Waals surface area contributed by atoms with E-state index < -0.39 is 0 Å². The summed E-state index contributed by atoms with van der Waals surface area (Å²) >= 11 is 6.01. The Morgan fingerprint density at radius 1 is 0.500 bits per heavy atom. The highest BCUT2D eigenvalue weighted by Crippen LogP contribution is 2.31. The van der Waals surface area contributed by atoms with Gasteiger partial charge in [-0.1, -0.05) is 48.0 Å². The summed E-state index contributed by atoms with van der Waals surface area (Å²) in [5, 5.41) is 0.776. The molecule has 0 aliphatic heterocycles. The highest BCUT2D eigenvalue weighted by atomic mass is 35.5. The average Bonchev–Trinajstić information content (AvgIpc) is 2.52. The molecule has 0 atom stereocenters. The maximum Gasteiger partial charge on any atom is 0.166 e. The quantitative estimate of drug-likeness (QED) is 0.565. The van der Waals surface area contributed by atoms with Crippen molar-refractivity contribution in [2.24, 2.45) is 0 Å². The molecule has 3 rings (SSSR count). The van der Waals surface area contributed by atoms with E-state index in [1.165, 1.54) is 14.7 Å². The summed E-state index contributed by atoms with van der Waals surface area (Å²) in [6, 6.07) is 29.4. The molecule has 2 heteroatoms. The first-order valence-corrected chi connectivity index (χ1v) is 8.05. The lowest BCUT2D eigenvalue weighted by Crippen LogP contribution is -2.04. The Hall–Kier alpha value is -1.70. The van der Waals surface area contributed by atoms with Gasteiger partial charge in [-0.05, 0) is 48.5 Å². The third kappa shape index (κ3) is 2.90. The van der Waals surface area contributed by atoms with Gasteiger partial charge < -0.3 is 0 Å². The molecule has 0 N–H and O–H groups in total. The van der Waals surface area contributed by atoms with Crippen LogP contribution in [0.15, 0.2) is 99.6 Å². The number of benzene rings is 3. The van der Waals surface area contributed by atoms with Gasteiger partial charge in [0.25, 0.3) is 0 Å². The molecular formula is C18H14ClS+. The number of rotatable bonds is 3. The van der Waals surface area contributed by atoms with Crippen molar-refractivity contribution in [3.8, 4) is 0 Å². The predicted octanol–water partition coefficient (Wildman–Crippen LogP) is 5.44. The lowest BCUT2D eigenvalue weighted by atomic mass is 10.4. The molecule has 0 fully saturated rings. The third-order valence-electron chi connectivity index (χ3n) is 3.01. The molecule has 0 aliphatic rings. The van der Waals surface area contributed by atoms with Crippen LogP contribution in [0.5, 0.6) is 0 Å². The SMILES string of the molecule is Clc1ccc([S+](c2ccccc2)c2ccccc2)cc1.